The van der Waals surface area contributed by atoms with Gasteiger partial charge in [0.25, 0.3) is 0 Å². The van der Waals surface area contributed by atoms with Crippen molar-refractivity contribution in [3.05, 3.63) is 12.2 Å². The number of hydrogen-bond acceptors (Lipinski definition) is 2. The van der Waals surface area contributed by atoms with Crippen molar-refractivity contribution >= 4 is 38.1 Å². The third-order valence-corrected chi connectivity index (χ3v) is 2.02. The first-order valence-corrected chi connectivity index (χ1v) is 3.75. The van der Waals surface area contributed by atoms with Crippen molar-refractivity contribution in [1.82, 2.24) is 0 Å². The largest absolute Gasteiger partial charge is 0.481 e. The molecule has 71 valence electrons. The maximum atomic E-state index is 10.6. The minimum atomic E-state index is -1.06. The van der Waals surface area contributed by atoms with E-state index in [-0.39, 0.29) is 26.2 Å². The summed E-state index contributed by atoms with van der Waals surface area (Å²) >= 11 is 0. The summed E-state index contributed by atoms with van der Waals surface area (Å²) in [5, 5.41) is 17.3. The number of carbonyl (C=O) groups is 2. The fourth-order valence-electron chi connectivity index (χ4n) is 1.36. The van der Waals surface area contributed by atoms with Gasteiger partial charge in [0.2, 0.25) is 0 Å². The molecule has 5 heteroatoms. The van der Waals surface area contributed by atoms with Gasteiger partial charge in [-0.1, -0.05) is 12.2 Å². The van der Waals surface area contributed by atoms with Crippen LogP contribution < -0.4 is 0 Å². The molecule has 0 aliphatic heterocycles. The summed E-state index contributed by atoms with van der Waals surface area (Å²) in [4.78, 5) is 21.1. The molecular formula is C8H10BiO4. The number of allylic oxidation sites excluding steroid dienone is 1. The second kappa shape index (κ2) is 5.33. The van der Waals surface area contributed by atoms with Crippen molar-refractivity contribution in [3.63, 3.8) is 0 Å². The Morgan fingerprint density at radius 3 is 2.23 bits per heavy atom. The van der Waals surface area contributed by atoms with E-state index in [9.17, 15) is 9.59 Å². The maximum absolute atomic E-state index is 10.6. The maximum Gasteiger partial charge on any atom is 0.311 e. The molecule has 1 rings (SSSR count). The van der Waals surface area contributed by atoms with Gasteiger partial charge in [0.15, 0.2) is 0 Å². The molecule has 0 aromatic carbocycles. The Morgan fingerprint density at radius 2 is 1.85 bits per heavy atom. The fraction of sp³-hybridized carbons (Fsp3) is 0.500. The van der Waals surface area contributed by atoms with Crippen LogP contribution >= 0.6 is 0 Å². The molecule has 0 fully saturated rings. The predicted molar refractivity (Wildman–Crippen MR) is 46.4 cm³/mol. The smallest absolute Gasteiger partial charge is 0.311 e. The van der Waals surface area contributed by atoms with Gasteiger partial charge in [-0.05, 0) is 12.8 Å². The van der Waals surface area contributed by atoms with Crippen molar-refractivity contribution in [2.75, 3.05) is 0 Å². The molecule has 2 unspecified atom stereocenters. The van der Waals surface area contributed by atoms with E-state index in [1.807, 2.05) is 0 Å². The quantitative estimate of drug-likeness (QED) is 0.537. The zero-order valence-electron chi connectivity index (χ0n) is 6.88. The van der Waals surface area contributed by atoms with Gasteiger partial charge in [0.05, 0.1) is 11.8 Å². The van der Waals surface area contributed by atoms with Crippen LogP contribution in [0.5, 0.6) is 0 Å². The van der Waals surface area contributed by atoms with Crippen LogP contribution in [0.15, 0.2) is 12.2 Å². The molecule has 0 saturated carbocycles. The topological polar surface area (TPSA) is 74.6 Å². The zero-order valence-corrected chi connectivity index (χ0v) is 10.4. The van der Waals surface area contributed by atoms with Crippen molar-refractivity contribution in [1.29, 1.82) is 0 Å². The number of rotatable bonds is 2. The predicted octanol–water partition coefficient (Wildman–Crippen LogP) is 0.357. The van der Waals surface area contributed by atoms with Gasteiger partial charge < -0.3 is 10.2 Å². The summed E-state index contributed by atoms with van der Waals surface area (Å²) in [5.74, 6) is -3.69. The summed E-state index contributed by atoms with van der Waals surface area (Å²) in [7, 11) is 0. The molecule has 0 bridgehead atoms. The molecule has 0 amide bonds. The van der Waals surface area contributed by atoms with Crippen LogP contribution in [0.1, 0.15) is 12.8 Å². The molecule has 3 radical (unpaired) electrons. The standard InChI is InChI=1S/C8H10O4.Bi/c9-7(10)5-3-1-2-4-6(5)8(11)12;/h1,3,5-6H,2,4H2,(H,9,10)(H,11,12);. The number of carboxylic acid groups (broad SMARTS) is 2. The third kappa shape index (κ3) is 3.07. The second-order valence-electron chi connectivity index (χ2n) is 2.81. The fourth-order valence-corrected chi connectivity index (χ4v) is 1.36. The monoisotopic (exact) mass is 379 g/mol. The second-order valence-corrected chi connectivity index (χ2v) is 2.81. The molecular weight excluding hydrogens is 369 g/mol. The van der Waals surface area contributed by atoms with E-state index in [1.54, 1.807) is 6.08 Å². The molecule has 1 aliphatic rings. The van der Waals surface area contributed by atoms with E-state index in [1.165, 1.54) is 6.08 Å². The summed E-state index contributed by atoms with van der Waals surface area (Å²) in [6.07, 6.45) is 4.26. The van der Waals surface area contributed by atoms with Crippen LogP contribution in [0.3, 0.4) is 0 Å². The van der Waals surface area contributed by atoms with Crippen molar-refractivity contribution in [2.45, 2.75) is 12.8 Å². The molecule has 0 aromatic rings. The van der Waals surface area contributed by atoms with Gasteiger partial charge in [0.1, 0.15) is 0 Å². The molecule has 13 heavy (non-hydrogen) atoms. The third-order valence-electron chi connectivity index (χ3n) is 2.02. The molecule has 0 heterocycles. The van der Waals surface area contributed by atoms with Crippen LogP contribution in [0, 0.1) is 11.8 Å². The summed E-state index contributed by atoms with van der Waals surface area (Å²) < 4.78 is 0. The van der Waals surface area contributed by atoms with Gasteiger partial charge in [-0.25, -0.2) is 0 Å². The Morgan fingerprint density at radius 1 is 1.23 bits per heavy atom. The van der Waals surface area contributed by atoms with Crippen LogP contribution in [-0.2, 0) is 9.59 Å². The van der Waals surface area contributed by atoms with E-state index in [0.29, 0.717) is 12.8 Å². The average molecular weight is 379 g/mol. The Kier molecular flexibility index (Phi) is 5.15. The van der Waals surface area contributed by atoms with Crippen LogP contribution in [0.4, 0.5) is 0 Å². The zero-order chi connectivity index (χ0) is 9.14. The van der Waals surface area contributed by atoms with Crippen molar-refractivity contribution in [3.8, 4) is 0 Å². The minimum absolute atomic E-state index is 0. The van der Waals surface area contributed by atoms with Gasteiger partial charge in [-0.15, -0.1) is 0 Å². The molecule has 2 atom stereocenters. The molecule has 2 N–H and O–H groups in total. The van der Waals surface area contributed by atoms with E-state index >= 15 is 0 Å². The summed E-state index contributed by atoms with van der Waals surface area (Å²) in [5.41, 5.74) is 0. The van der Waals surface area contributed by atoms with Crippen molar-refractivity contribution < 1.29 is 19.8 Å². The Balaban J connectivity index is 0.00000144. The van der Waals surface area contributed by atoms with Crippen LogP contribution in [0.25, 0.3) is 0 Å². The van der Waals surface area contributed by atoms with Crippen molar-refractivity contribution in [2.24, 2.45) is 11.8 Å². The molecule has 0 saturated heterocycles. The SMILES string of the molecule is O=C(O)C1C=CCCC1C(=O)O.[Bi]. The molecule has 0 spiro atoms. The Bertz CT molecular complexity index is 236. The normalized spacial score (nSPS) is 26.2. The van der Waals surface area contributed by atoms with E-state index in [0.717, 1.165) is 0 Å². The van der Waals surface area contributed by atoms with E-state index in [2.05, 4.69) is 0 Å². The first kappa shape index (κ1) is 12.6. The molecule has 0 aromatic heterocycles. The van der Waals surface area contributed by atoms with E-state index < -0.39 is 23.8 Å². The van der Waals surface area contributed by atoms with Crippen LogP contribution in [-0.4, -0.2) is 48.4 Å². The number of carboxylic acids is 2. The average Bonchev–Trinajstić information content (AvgIpc) is 2.04. The first-order chi connectivity index (χ1) is 5.63. The van der Waals surface area contributed by atoms with Gasteiger partial charge in [-0.3, -0.25) is 9.59 Å². The summed E-state index contributed by atoms with van der Waals surface area (Å²) in [6.45, 7) is 0. The van der Waals surface area contributed by atoms with Gasteiger partial charge in [-0.2, -0.15) is 0 Å². The summed E-state index contributed by atoms with van der Waals surface area (Å²) in [6, 6.07) is 0. The minimum Gasteiger partial charge on any atom is -0.481 e. The Hall–Kier alpha value is -0.437. The number of hydrogen-bond donors (Lipinski definition) is 2. The molecule has 1 aliphatic carbocycles. The van der Waals surface area contributed by atoms with Crippen LogP contribution in [0.2, 0.25) is 0 Å². The Labute approximate surface area is 94.8 Å². The van der Waals surface area contributed by atoms with E-state index in [4.69, 9.17) is 10.2 Å². The first-order valence-electron chi connectivity index (χ1n) is 3.75. The number of aliphatic carboxylic acids is 2. The molecule has 4 nitrogen and oxygen atoms in total. The van der Waals surface area contributed by atoms with Gasteiger partial charge >= 0.3 is 11.9 Å². The van der Waals surface area contributed by atoms with Gasteiger partial charge in [0, 0.05) is 26.2 Å².